The van der Waals surface area contributed by atoms with Gasteiger partial charge >= 0.3 is 0 Å². The molecule has 18 heavy (non-hydrogen) atoms. The molecule has 2 heterocycles. The number of hydrogen-bond donors (Lipinski definition) is 1. The van der Waals surface area contributed by atoms with E-state index in [2.05, 4.69) is 15.0 Å². The minimum Gasteiger partial charge on any atom is -0.337 e. The van der Waals surface area contributed by atoms with E-state index >= 15 is 0 Å². The van der Waals surface area contributed by atoms with Gasteiger partial charge in [-0.15, -0.1) is 0 Å². The van der Waals surface area contributed by atoms with Crippen LogP contribution in [0.5, 0.6) is 0 Å². The molecular formula is C13H9ClFN3. The zero-order chi connectivity index (χ0) is 12.7. The maximum atomic E-state index is 13.0. The van der Waals surface area contributed by atoms with Crippen molar-refractivity contribution >= 4 is 22.8 Å². The number of benzene rings is 1. The Morgan fingerprint density at radius 3 is 2.78 bits per heavy atom. The minimum absolute atomic E-state index is 0.325. The van der Waals surface area contributed by atoms with Crippen LogP contribution in [0.2, 0.25) is 5.02 Å². The molecule has 3 aromatic rings. The van der Waals surface area contributed by atoms with Gasteiger partial charge in [-0.05, 0) is 37.3 Å². The summed E-state index contributed by atoms with van der Waals surface area (Å²) in [6.07, 6.45) is 0. The molecule has 3 rings (SSSR count). The number of halogens is 2. The van der Waals surface area contributed by atoms with Gasteiger partial charge < -0.3 is 4.98 Å². The molecule has 90 valence electrons. The molecule has 3 nitrogen and oxygen atoms in total. The molecular weight excluding hydrogens is 253 g/mol. The van der Waals surface area contributed by atoms with Crippen molar-refractivity contribution in [2.75, 3.05) is 0 Å². The van der Waals surface area contributed by atoms with Crippen molar-refractivity contribution in [3.05, 3.63) is 46.9 Å². The predicted molar refractivity (Wildman–Crippen MR) is 69.0 cm³/mol. The molecule has 0 saturated carbocycles. The summed E-state index contributed by atoms with van der Waals surface area (Å²) in [5.41, 5.74) is 3.01. The lowest BCUT2D eigenvalue weighted by Crippen LogP contribution is -1.84. The number of imidazole rings is 1. The molecule has 0 saturated heterocycles. The van der Waals surface area contributed by atoms with Crippen molar-refractivity contribution in [3.8, 4) is 11.4 Å². The van der Waals surface area contributed by atoms with Gasteiger partial charge in [-0.1, -0.05) is 11.6 Å². The van der Waals surface area contributed by atoms with Gasteiger partial charge in [0.2, 0.25) is 0 Å². The fourth-order valence-corrected chi connectivity index (χ4v) is 2.05. The van der Waals surface area contributed by atoms with E-state index in [-0.39, 0.29) is 5.82 Å². The smallest absolute Gasteiger partial charge is 0.178 e. The highest BCUT2D eigenvalue weighted by Crippen LogP contribution is 2.27. The van der Waals surface area contributed by atoms with Crippen LogP contribution in [-0.2, 0) is 0 Å². The fourth-order valence-electron chi connectivity index (χ4n) is 1.80. The van der Waals surface area contributed by atoms with Crippen molar-refractivity contribution in [2.24, 2.45) is 0 Å². The third kappa shape index (κ3) is 1.84. The second-order valence-corrected chi connectivity index (χ2v) is 4.44. The number of aromatic amines is 1. The first-order valence-corrected chi connectivity index (χ1v) is 5.80. The lowest BCUT2D eigenvalue weighted by atomic mass is 10.2. The van der Waals surface area contributed by atoms with Gasteiger partial charge in [0.05, 0.1) is 10.5 Å². The number of aryl methyl sites for hydroxylation is 1. The third-order valence-electron chi connectivity index (χ3n) is 2.67. The summed E-state index contributed by atoms with van der Waals surface area (Å²) in [6, 6.07) is 8.03. The predicted octanol–water partition coefficient (Wildman–Crippen LogP) is 3.73. The molecule has 0 spiro atoms. The van der Waals surface area contributed by atoms with Crippen molar-refractivity contribution in [3.63, 3.8) is 0 Å². The van der Waals surface area contributed by atoms with Gasteiger partial charge in [-0.25, -0.2) is 14.4 Å². The first-order chi connectivity index (χ1) is 8.63. The minimum atomic E-state index is -0.367. The molecule has 2 aromatic heterocycles. The quantitative estimate of drug-likeness (QED) is 0.725. The highest BCUT2D eigenvalue weighted by molar-refractivity contribution is 6.33. The Morgan fingerprint density at radius 1 is 1.17 bits per heavy atom. The van der Waals surface area contributed by atoms with Gasteiger partial charge in [0.25, 0.3) is 0 Å². The Kier molecular flexibility index (Phi) is 2.52. The van der Waals surface area contributed by atoms with Crippen LogP contribution in [0.15, 0.2) is 30.3 Å². The second-order valence-electron chi connectivity index (χ2n) is 4.03. The number of hydrogen-bond acceptors (Lipinski definition) is 2. The van der Waals surface area contributed by atoms with E-state index in [0.717, 1.165) is 11.2 Å². The molecule has 0 aliphatic carbocycles. The Hall–Kier alpha value is -1.94. The van der Waals surface area contributed by atoms with E-state index < -0.39 is 0 Å². The average molecular weight is 262 g/mol. The Balaban J connectivity index is 2.19. The van der Waals surface area contributed by atoms with E-state index in [9.17, 15) is 4.39 Å². The summed E-state index contributed by atoms with van der Waals surface area (Å²) in [5, 5.41) is 0.325. The van der Waals surface area contributed by atoms with Crippen LogP contribution < -0.4 is 0 Å². The van der Waals surface area contributed by atoms with E-state index in [0.29, 0.717) is 22.1 Å². The van der Waals surface area contributed by atoms with Crippen LogP contribution >= 0.6 is 11.6 Å². The summed E-state index contributed by atoms with van der Waals surface area (Å²) in [5.74, 6) is 0.224. The van der Waals surface area contributed by atoms with Crippen LogP contribution in [0.3, 0.4) is 0 Å². The first-order valence-electron chi connectivity index (χ1n) is 5.42. The highest BCUT2D eigenvalue weighted by Gasteiger charge is 2.10. The average Bonchev–Trinajstić information content (AvgIpc) is 2.71. The van der Waals surface area contributed by atoms with Gasteiger partial charge in [0, 0.05) is 11.3 Å². The number of rotatable bonds is 1. The Morgan fingerprint density at radius 2 is 2.00 bits per heavy atom. The molecule has 1 aromatic carbocycles. The maximum Gasteiger partial charge on any atom is 0.178 e. The topological polar surface area (TPSA) is 41.6 Å². The number of fused-ring (bicyclic) bond motifs is 1. The molecule has 0 aliphatic rings. The summed E-state index contributed by atoms with van der Waals surface area (Å²) >= 11 is 6.00. The second kappa shape index (κ2) is 4.07. The summed E-state index contributed by atoms with van der Waals surface area (Å²) in [4.78, 5) is 11.8. The van der Waals surface area contributed by atoms with Gasteiger partial charge in [-0.2, -0.15) is 0 Å². The Labute approximate surface area is 108 Å². The summed E-state index contributed by atoms with van der Waals surface area (Å²) < 4.78 is 13.0. The van der Waals surface area contributed by atoms with E-state index in [4.69, 9.17) is 11.6 Å². The van der Waals surface area contributed by atoms with E-state index in [1.807, 2.05) is 19.1 Å². The molecule has 0 unspecified atom stereocenters. The Bertz CT molecular complexity index is 736. The van der Waals surface area contributed by atoms with Crippen molar-refractivity contribution in [1.82, 2.24) is 15.0 Å². The highest BCUT2D eigenvalue weighted by atomic mass is 35.5. The molecule has 1 N–H and O–H groups in total. The fraction of sp³-hybridized carbons (Fsp3) is 0.0769. The monoisotopic (exact) mass is 261 g/mol. The number of aromatic nitrogens is 3. The summed E-state index contributed by atoms with van der Waals surface area (Å²) in [6.45, 7) is 1.90. The molecule has 0 fully saturated rings. The largest absolute Gasteiger partial charge is 0.337 e. The number of nitrogens with one attached hydrogen (secondary N) is 1. The first kappa shape index (κ1) is 11.2. The number of nitrogens with zero attached hydrogens (tertiary/aromatic N) is 2. The van der Waals surface area contributed by atoms with E-state index in [1.54, 1.807) is 6.07 Å². The molecule has 0 atom stereocenters. The molecule has 0 bridgehead atoms. The SMILES string of the molecule is Cc1ccc2[nH]c(-c3ccc(F)cc3Cl)nc2n1. The summed E-state index contributed by atoms with van der Waals surface area (Å²) in [7, 11) is 0. The molecule has 0 amide bonds. The third-order valence-corrected chi connectivity index (χ3v) is 2.98. The number of H-pyrrole nitrogens is 1. The zero-order valence-electron chi connectivity index (χ0n) is 9.54. The number of pyridine rings is 1. The van der Waals surface area contributed by atoms with Crippen LogP contribution in [0.25, 0.3) is 22.6 Å². The van der Waals surface area contributed by atoms with Crippen LogP contribution in [-0.4, -0.2) is 15.0 Å². The van der Waals surface area contributed by atoms with Gasteiger partial charge in [0.15, 0.2) is 5.65 Å². The normalized spacial score (nSPS) is 11.1. The zero-order valence-corrected chi connectivity index (χ0v) is 10.3. The van der Waals surface area contributed by atoms with Gasteiger partial charge in [0.1, 0.15) is 11.6 Å². The molecule has 0 aliphatic heterocycles. The van der Waals surface area contributed by atoms with Crippen LogP contribution in [0.1, 0.15) is 5.69 Å². The van der Waals surface area contributed by atoms with E-state index in [1.165, 1.54) is 12.1 Å². The maximum absolute atomic E-state index is 13.0. The van der Waals surface area contributed by atoms with Crippen LogP contribution in [0.4, 0.5) is 4.39 Å². The van der Waals surface area contributed by atoms with Crippen molar-refractivity contribution in [1.29, 1.82) is 0 Å². The van der Waals surface area contributed by atoms with Crippen LogP contribution in [0, 0.1) is 12.7 Å². The molecule has 5 heteroatoms. The van der Waals surface area contributed by atoms with Crippen molar-refractivity contribution < 1.29 is 4.39 Å². The standard InChI is InChI=1S/C13H9ClFN3/c1-7-2-5-11-13(16-7)18-12(17-11)9-4-3-8(15)6-10(9)14/h2-6H,1H3,(H,16,17,18). The lowest BCUT2D eigenvalue weighted by molar-refractivity contribution is 0.628. The van der Waals surface area contributed by atoms with Crippen molar-refractivity contribution in [2.45, 2.75) is 6.92 Å². The molecule has 0 radical (unpaired) electrons. The lowest BCUT2D eigenvalue weighted by Gasteiger charge is -1.99. The van der Waals surface area contributed by atoms with Gasteiger partial charge in [-0.3, -0.25) is 0 Å².